The Morgan fingerprint density at radius 3 is 2.72 bits per heavy atom. The van der Waals surface area contributed by atoms with Gasteiger partial charge in [-0.3, -0.25) is 4.79 Å². The Labute approximate surface area is 103 Å². The van der Waals surface area contributed by atoms with Crippen LogP contribution in [0.2, 0.25) is 0 Å². The van der Waals surface area contributed by atoms with Crippen molar-refractivity contribution in [3.8, 4) is 0 Å². The van der Waals surface area contributed by atoms with E-state index in [1.807, 2.05) is 6.92 Å². The lowest BCUT2D eigenvalue weighted by atomic mass is 10.1. The first-order valence-electron chi connectivity index (χ1n) is 5.67. The maximum atomic E-state index is 13.5. The van der Waals surface area contributed by atoms with Gasteiger partial charge in [-0.1, -0.05) is 0 Å². The zero-order valence-corrected chi connectivity index (χ0v) is 9.84. The Balaban J connectivity index is 2.31. The van der Waals surface area contributed by atoms with Crippen molar-refractivity contribution in [1.29, 1.82) is 0 Å². The van der Waals surface area contributed by atoms with Gasteiger partial charge in [0.15, 0.2) is 17.5 Å². The molecule has 1 aliphatic rings. The molecule has 98 valence electrons. The number of nitrogens with zero attached hydrogens (tertiary/aromatic N) is 1. The summed E-state index contributed by atoms with van der Waals surface area (Å²) in [7, 11) is 0. The Bertz CT molecular complexity index is 479. The van der Waals surface area contributed by atoms with E-state index >= 15 is 0 Å². The molecular weight excluding hydrogens is 245 g/mol. The first-order valence-corrected chi connectivity index (χ1v) is 5.67. The van der Waals surface area contributed by atoms with E-state index in [2.05, 4.69) is 5.32 Å². The molecule has 1 saturated heterocycles. The molecule has 1 atom stereocenters. The summed E-state index contributed by atoms with van der Waals surface area (Å²) in [6, 6.07) is 1.63. The maximum absolute atomic E-state index is 13.5. The number of carbonyl (C=O) groups is 1. The fraction of sp³-hybridized carbons (Fsp3) is 0.417. The number of halogens is 3. The van der Waals surface area contributed by atoms with Gasteiger partial charge in [0, 0.05) is 25.7 Å². The van der Waals surface area contributed by atoms with Gasteiger partial charge in [0.25, 0.3) is 5.91 Å². The molecule has 1 aromatic rings. The van der Waals surface area contributed by atoms with Gasteiger partial charge in [-0.25, -0.2) is 13.2 Å². The van der Waals surface area contributed by atoms with Gasteiger partial charge in [-0.2, -0.15) is 0 Å². The van der Waals surface area contributed by atoms with E-state index in [4.69, 9.17) is 0 Å². The van der Waals surface area contributed by atoms with Crippen LogP contribution in [0.4, 0.5) is 13.2 Å². The minimum atomic E-state index is -1.61. The van der Waals surface area contributed by atoms with Crippen molar-refractivity contribution in [2.75, 3.05) is 19.6 Å². The van der Waals surface area contributed by atoms with Gasteiger partial charge in [-0.15, -0.1) is 0 Å². The normalized spacial score (nSPS) is 20.0. The van der Waals surface area contributed by atoms with Crippen LogP contribution in [0.1, 0.15) is 17.3 Å². The van der Waals surface area contributed by atoms with Crippen molar-refractivity contribution in [3.05, 3.63) is 35.1 Å². The van der Waals surface area contributed by atoms with Crippen molar-refractivity contribution in [2.45, 2.75) is 13.0 Å². The van der Waals surface area contributed by atoms with E-state index in [0.717, 1.165) is 12.1 Å². The molecule has 3 nitrogen and oxygen atoms in total. The van der Waals surface area contributed by atoms with E-state index in [0.29, 0.717) is 19.6 Å². The van der Waals surface area contributed by atoms with Crippen molar-refractivity contribution in [2.24, 2.45) is 0 Å². The maximum Gasteiger partial charge on any atom is 0.257 e. The number of benzene rings is 1. The monoisotopic (exact) mass is 258 g/mol. The number of hydrogen-bond donors (Lipinski definition) is 1. The third kappa shape index (κ3) is 2.20. The van der Waals surface area contributed by atoms with Crippen LogP contribution in [-0.2, 0) is 0 Å². The summed E-state index contributed by atoms with van der Waals surface area (Å²) in [5.41, 5.74) is -0.428. The summed E-state index contributed by atoms with van der Waals surface area (Å²) in [6.45, 7) is 3.42. The number of piperazine rings is 1. The highest BCUT2D eigenvalue weighted by molar-refractivity contribution is 5.94. The average molecular weight is 258 g/mol. The van der Waals surface area contributed by atoms with Crippen molar-refractivity contribution < 1.29 is 18.0 Å². The molecular formula is C12H13F3N2O. The first-order chi connectivity index (χ1) is 8.52. The quantitative estimate of drug-likeness (QED) is 0.775. The summed E-state index contributed by atoms with van der Waals surface area (Å²) < 4.78 is 39.4. The number of rotatable bonds is 1. The third-order valence-corrected chi connectivity index (χ3v) is 3.03. The second-order valence-electron chi connectivity index (χ2n) is 4.27. The molecule has 1 heterocycles. The van der Waals surface area contributed by atoms with Crippen molar-refractivity contribution >= 4 is 5.91 Å². The molecule has 6 heteroatoms. The Hall–Kier alpha value is -1.56. The molecule has 1 amide bonds. The lowest BCUT2D eigenvalue weighted by Crippen LogP contribution is -2.52. The van der Waals surface area contributed by atoms with Crippen LogP contribution in [0.3, 0.4) is 0 Å². The number of amides is 1. The molecule has 0 saturated carbocycles. The second kappa shape index (κ2) is 4.97. The van der Waals surface area contributed by atoms with Crippen LogP contribution in [0.5, 0.6) is 0 Å². The fourth-order valence-electron chi connectivity index (χ4n) is 1.99. The molecule has 1 aromatic carbocycles. The summed E-state index contributed by atoms with van der Waals surface area (Å²) in [6.07, 6.45) is 0. The molecule has 1 unspecified atom stereocenters. The molecule has 0 bridgehead atoms. The van der Waals surface area contributed by atoms with Crippen LogP contribution < -0.4 is 5.32 Å². The smallest absolute Gasteiger partial charge is 0.257 e. The highest BCUT2D eigenvalue weighted by atomic mass is 19.2. The third-order valence-electron chi connectivity index (χ3n) is 3.03. The summed E-state index contributed by atoms with van der Waals surface area (Å²) in [4.78, 5) is 13.5. The largest absolute Gasteiger partial charge is 0.333 e. The van der Waals surface area contributed by atoms with Gasteiger partial charge in [0.05, 0.1) is 5.56 Å². The van der Waals surface area contributed by atoms with E-state index in [1.165, 1.54) is 4.90 Å². The summed E-state index contributed by atoms with van der Waals surface area (Å²) >= 11 is 0. The zero-order chi connectivity index (χ0) is 13.3. The standard InChI is InChI=1S/C12H13F3N2O/c1-7-6-16-4-5-17(7)12(18)8-2-3-9(13)11(15)10(8)14/h2-3,7,16H,4-6H2,1H3. The van der Waals surface area contributed by atoms with Gasteiger partial charge in [-0.05, 0) is 19.1 Å². The zero-order valence-electron chi connectivity index (χ0n) is 9.84. The van der Waals surface area contributed by atoms with E-state index in [-0.39, 0.29) is 6.04 Å². The minimum absolute atomic E-state index is 0.112. The predicted molar refractivity (Wildman–Crippen MR) is 59.7 cm³/mol. The molecule has 0 spiro atoms. The molecule has 0 radical (unpaired) electrons. The molecule has 0 aliphatic carbocycles. The predicted octanol–water partition coefficient (Wildman–Crippen LogP) is 1.54. The molecule has 1 N–H and O–H groups in total. The number of nitrogens with one attached hydrogen (secondary N) is 1. The van der Waals surface area contributed by atoms with Gasteiger partial charge < -0.3 is 10.2 Å². The molecule has 1 fully saturated rings. The summed E-state index contributed by atoms with van der Waals surface area (Å²) in [5, 5.41) is 3.08. The van der Waals surface area contributed by atoms with E-state index in [9.17, 15) is 18.0 Å². The molecule has 18 heavy (non-hydrogen) atoms. The second-order valence-corrected chi connectivity index (χ2v) is 4.27. The lowest BCUT2D eigenvalue weighted by molar-refractivity contribution is 0.0649. The van der Waals surface area contributed by atoms with Crippen LogP contribution in [0.25, 0.3) is 0 Å². The van der Waals surface area contributed by atoms with Gasteiger partial charge in [0.1, 0.15) is 0 Å². The van der Waals surface area contributed by atoms with E-state index in [1.54, 1.807) is 0 Å². The fourth-order valence-corrected chi connectivity index (χ4v) is 1.99. The Kier molecular flexibility index (Phi) is 3.56. The number of carbonyl (C=O) groups excluding carboxylic acids is 1. The van der Waals surface area contributed by atoms with Crippen LogP contribution in [0, 0.1) is 17.5 Å². The average Bonchev–Trinajstić information content (AvgIpc) is 2.36. The topological polar surface area (TPSA) is 32.3 Å². The van der Waals surface area contributed by atoms with Crippen molar-refractivity contribution in [3.63, 3.8) is 0 Å². The van der Waals surface area contributed by atoms with E-state index < -0.39 is 28.9 Å². The summed E-state index contributed by atoms with van der Waals surface area (Å²) in [5.74, 6) is -4.94. The molecule has 1 aliphatic heterocycles. The Morgan fingerprint density at radius 1 is 1.33 bits per heavy atom. The molecule has 0 aromatic heterocycles. The van der Waals surface area contributed by atoms with Crippen LogP contribution >= 0.6 is 0 Å². The van der Waals surface area contributed by atoms with Gasteiger partial charge in [0.2, 0.25) is 0 Å². The first kappa shape index (κ1) is 12.9. The van der Waals surface area contributed by atoms with Gasteiger partial charge >= 0.3 is 0 Å². The van der Waals surface area contributed by atoms with Crippen LogP contribution in [-0.4, -0.2) is 36.5 Å². The SMILES string of the molecule is CC1CNCCN1C(=O)c1ccc(F)c(F)c1F. The minimum Gasteiger partial charge on any atom is -0.333 e. The van der Waals surface area contributed by atoms with Crippen molar-refractivity contribution in [1.82, 2.24) is 10.2 Å². The Morgan fingerprint density at radius 2 is 2.06 bits per heavy atom. The molecule has 2 rings (SSSR count). The van der Waals surface area contributed by atoms with Crippen LogP contribution in [0.15, 0.2) is 12.1 Å². The highest BCUT2D eigenvalue weighted by Gasteiger charge is 2.27. The number of hydrogen-bond acceptors (Lipinski definition) is 2. The highest BCUT2D eigenvalue weighted by Crippen LogP contribution is 2.18. The lowest BCUT2D eigenvalue weighted by Gasteiger charge is -2.34.